The number of halogens is 2. The molecule has 0 saturated heterocycles. The number of rotatable bonds is 3. The summed E-state index contributed by atoms with van der Waals surface area (Å²) in [5.41, 5.74) is 5.73. The van der Waals surface area contributed by atoms with Crippen LogP contribution in [0, 0.1) is 11.6 Å². The van der Waals surface area contributed by atoms with Crippen molar-refractivity contribution in [2.24, 2.45) is 5.73 Å². The van der Waals surface area contributed by atoms with E-state index >= 15 is 0 Å². The maximum Gasteiger partial charge on any atom is 0.126 e. The molecule has 2 atom stereocenters. The Labute approximate surface area is 81.4 Å². The van der Waals surface area contributed by atoms with Crippen molar-refractivity contribution in [3.8, 4) is 0 Å². The van der Waals surface area contributed by atoms with Gasteiger partial charge in [-0.1, -0.05) is 6.92 Å². The molecule has 1 aromatic rings. The average Bonchev–Trinajstić information content (AvgIpc) is 2.14. The molecule has 1 rings (SSSR count). The standard InChI is InChI=1S/C10H13F2NO/c1-2-9(13)10(14)6-3-7(11)5-8(12)4-6/h3-5,9-10,14H,2,13H2,1H3. The lowest BCUT2D eigenvalue weighted by molar-refractivity contribution is 0.143. The van der Waals surface area contributed by atoms with E-state index in [1.165, 1.54) is 0 Å². The zero-order valence-corrected chi connectivity index (χ0v) is 7.87. The molecule has 0 aromatic heterocycles. The van der Waals surface area contributed by atoms with Gasteiger partial charge in [0.1, 0.15) is 11.6 Å². The molecule has 2 nitrogen and oxygen atoms in total. The number of nitrogens with two attached hydrogens (primary N) is 1. The number of aliphatic hydroxyl groups is 1. The molecule has 0 heterocycles. The summed E-state index contributed by atoms with van der Waals surface area (Å²) in [6.07, 6.45) is -0.482. The van der Waals surface area contributed by atoms with Gasteiger partial charge in [-0.05, 0) is 24.1 Å². The maximum absolute atomic E-state index is 12.8. The van der Waals surface area contributed by atoms with Gasteiger partial charge in [0.05, 0.1) is 6.10 Å². The van der Waals surface area contributed by atoms with Crippen molar-refractivity contribution in [2.75, 3.05) is 0 Å². The molecular weight excluding hydrogens is 188 g/mol. The minimum Gasteiger partial charge on any atom is -0.387 e. The molecule has 0 saturated carbocycles. The van der Waals surface area contributed by atoms with Crippen molar-refractivity contribution in [3.63, 3.8) is 0 Å². The minimum absolute atomic E-state index is 0.178. The van der Waals surface area contributed by atoms with Gasteiger partial charge in [-0.15, -0.1) is 0 Å². The lowest BCUT2D eigenvalue weighted by Crippen LogP contribution is -2.27. The third kappa shape index (κ3) is 2.49. The van der Waals surface area contributed by atoms with E-state index in [1.807, 2.05) is 0 Å². The molecule has 1 aromatic carbocycles. The molecule has 0 aliphatic rings. The lowest BCUT2D eigenvalue weighted by Gasteiger charge is -2.17. The highest BCUT2D eigenvalue weighted by Gasteiger charge is 2.16. The number of aliphatic hydroxyl groups excluding tert-OH is 1. The van der Waals surface area contributed by atoms with E-state index in [1.54, 1.807) is 6.92 Å². The fraction of sp³-hybridized carbons (Fsp3) is 0.400. The topological polar surface area (TPSA) is 46.2 Å². The zero-order valence-electron chi connectivity index (χ0n) is 7.87. The van der Waals surface area contributed by atoms with Crippen LogP contribution >= 0.6 is 0 Å². The second-order valence-corrected chi connectivity index (χ2v) is 3.22. The van der Waals surface area contributed by atoms with E-state index in [0.717, 1.165) is 18.2 Å². The molecular formula is C10H13F2NO. The average molecular weight is 201 g/mol. The van der Waals surface area contributed by atoms with Gasteiger partial charge in [-0.2, -0.15) is 0 Å². The van der Waals surface area contributed by atoms with Crippen LogP contribution in [0.5, 0.6) is 0 Å². The van der Waals surface area contributed by atoms with Crippen molar-refractivity contribution in [2.45, 2.75) is 25.5 Å². The third-order valence-corrected chi connectivity index (χ3v) is 2.10. The van der Waals surface area contributed by atoms with Crippen LogP contribution in [0.4, 0.5) is 8.78 Å². The number of hydrogen-bond acceptors (Lipinski definition) is 2. The van der Waals surface area contributed by atoms with Crippen LogP contribution in [0.15, 0.2) is 18.2 Å². The first kappa shape index (κ1) is 11.1. The monoisotopic (exact) mass is 201 g/mol. The van der Waals surface area contributed by atoms with Crippen LogP contribution in [0.25, 0.3) is 0 Å². The van der Waals surface area contributed by atoms with E-state index < -0.39 is 23.8 Å². The largest absolute Gasteiger partial charge is 0.387 e. The van der Waals surface area contributed by atoms with Crippen molar-refractivity contribution >= 4 is 0 Å². The first-order valence-corrected chi connectivity index (χ1v) is 4.44. The van der Waals surface area contributed by atoms with Crippen molar-refractivity contribution < 1.29 is 13.9 Å². The van der Waals surface area contributed by atoms with E-state index in [9.17, 15) is 13.9 Å². The Balaban J connectivity index is 2.94. The summed E-state index contributed by atoms with van der Waals surface area (Å²) in [6.45, 7) is 1.80. The number of benzene rings is 1. The Hall–Kier alpha value is -1.00. The number of hydrogen-bond donors (Lipinski definition) is 2. The fourth-order valence-electron chi connectivity index (χ4n) is 1.22. The molecule has 0 amide bonds. The zero-order chi connectivity index (χ0) is 10.7. The summed E-state index contributed by atoms with van der Waals surface area (Å²) in [4.78, 5) is 0. The van der Waals surface area contributed by atoms with Gasteiger partial charge in [-0.3, -0.25) is 0 Å². The van der Waals surface area contributed by atoms with Gasteiger partial charge in [-0.25, -0.2) is 8.78 Å². The van der Waals surface area contributed by atoms with Gasteiger partial charge in [0, 0.05) is 12.1 Å². The van der Waals surface area contributed by atoms with Crippen molar-refractivity contribution in [1.29, 1.82) is 0 Å². The predicted octanol–water partition coefficient (Wildman–Crippen LogP) is 1.74. The van der Waals surface area contributed by atoms with Crippen LogP contribution in [-0.2, 0) is 0 Å². The van der Waals surface area contributed by atoms with Crippen LogP contribution in [0.1, 0.15) is 25.0 Å². The quantitative estimate of drug-likeness (QED) is 0.782. The molecule has 0 radical (unpaired) electrons. The van der Waals surface area contributed by atoms with Gasteiger partial charge in [0.25, 0.3) is 0 Å². The summed E-state index contributed by atoms with van der Waals surface area (Å²) in [7, 11) is 0. The molecule has 0 fully saturated rings. The molecule has 0 bridgehead atoms. The summed E-state index contributed by atoms with van der Waals surface area (Å²) in [5.74, 6) is -1.41. The highest BCUT2D eigenvalue weighted by Crippen LogP contribution is 2.19. The summed E-state index contributed by atoms with van der Waals surface area (Å²) < 4.78 is 25.5. The van der Waals surface area contributed by atoms with Gasteiger partial charge < -0.3 is 10.8 Å². The van der Waals surface area contributed by atoms with Gasteiger partial charge in [0.2, 0.25) is 0 Å². The molecule has 0 aliphatic heterocycles. The van der Waals surface area contributed by atoms with Crippen LogP contribution in [0.2, 0.25) is 0 Å². The SMILES string of the molecule is CCC(N)C(O)c1cc(F)cc(F)c1. The van der Waals surface area contributed by atoms with Gasteiger partial charge in [0.15, 0.2) is 0 Å². The van der Waals surface area contributed by atoms with Crippen molar-refractivity contribution in [1.82, 2.24) is 0 Å². The summed E-state index contributed by atoms with van der Waals surface area (Å²) in [5, 5.41) is 9.58. The molecule has 0 aliphatic carbocycles. The van der Waals surface area contributed by atoms with Crippen molar-refractivity contribution in [3.05, 3.63) is 35.4 Å². The molecule has 2 unspecified atom stereocenters. The van der Waals surface area contributed by atoms with E-state index in [0.29, 0.717) is 6.42 Å². The molecule has 78 valence electrons. The molecule has 0 spiro atoms. The first-order valence-electron chi connectivity index (χ1n) is 4.44. The van der Waals surface area contributed by atoms with Crippen LogP contribution in [0.3, 0.4) is 0 Å². The second-order valence-electron chi connectivity index (χ2n) is 3.22. The maximum atomic E-state index is 12.8. The Morgan fingerprint density at radius 1 is 1.29 bits per heavy atom. The summed E-state index contributed by atoms with van der Waals surface area (Å²) >= 11 is 0. The molecule has 14 heavy (non-hydrogen) atoms. The normalized spacial score (nSPS) is 15.2. The third-order valence-electron chi connectivity index (χ3n) is 2.10. The van der Waals surface area contributed by atoms with Crippen LogP contribution in [-0.4, -0.2) is 11.1 Å². The Morgan fingerprint density at radius 2 is 1.79 bits per heavy atom. The van der Waals surface area contributed by atoms with Crippen LogP contribution < -0.4 is 5.73 Å². The first-order chi connectivity index (χ1) is 6.54. The minimum atomic E-state index is -1.02. The van der Waals surface area contributed by atoms with E-state index in [2.05, 4.69) is 0 Å². The highest BCUT2D eigenvalue weighted by molar-refractivity contribution is 5.21. The fourth-order valence-corrected chi connectivity index (χ4v) is 1.22. The second kappa shape index (κ2) is 4.48. The van der Waals surface area contributed by atoms with E-state index in [-0.39, 0.29) is 5.56 Å². The molecule has 3 N–H and O–H groups in total. The predicted molar refractivity (Wildman–Crippen MR) is 49.6 cm³/mol. The molecule has 4 heteroatoms. The summed E-state index contributed by atoms with van der Waals surface area (Å²) in [6, 6.07) is 2.43. The van der Waals surface area contributed by atoms with E-state index in [4.69, 9.17) is 5.73 Å². The smallest absolute Gasteiger partial charge is 0.126 e. The Morgan fingerprint density at radius 3 is 2.21 bits per heavy atom. The Kier molecular flexibility index (Phi) is 3.55. The highest BCUT2D eigenvalue weighted by atomic mass is 19.1. The lowest BCUT2D eigenvalue weighted by atomic mass is 10.0. The van der Waals surface area contributed by atoms with Gasteiger partial charge >= 0.3 is 0 Å². The Bertz CT molecular complexity index is 297.